The van der Waals surface area contributed by atoms with E-state index in [4.69, 9.17) is 4.98 Å². The second-order valence-corrected chi connectivity index (χ2v) is 5.06. The third-order valence-electron chi connectivity index (χ3n) is 3.10. The summed E-state index contributed by atoms with van der Waals surface area (Å²) in [5, 5.41) is 1.13. The first-order valence-electron chi connectivity index (χ1n) is 5.74. The maximum atomic E-state index is 4.73. The minimum absolute atomic E-state index is 0.602. The van der Waals surface area contributed by atoms with Crippen molar-refractivity contribution in [2.75, 3.05) is 0 Å². The smallest absolute Gasteiger partial charge is 0.133 e. The highest BCUT2D eigenvalue weighted by Crippen LogP contribution is 2.39. The highest BCUT2D eigenvalue weighted by Gasteiger charge is 2.27. The van der Waals surface area contributed by atoms with E-state index in [9.17, 15) is 0 Å². The molecule has 82 valence electrons. The molecule has 2 aromatic rings. The zero-order valence-electron chi connectivity index (χ0n) is 9.20. The van der Waals surface area contributed by atoms with Crippen molar-refractivity contribution >= 4 is 26.8 Å². The predicted molar refractivity (Wildman–Crippen MR) is 68.6 cm³/mol. The molecule has 3 heteroatoms. The minimum atomic E-state index is 0.602. The van der Waals surface area contributed by atoms with Crippen molar-refractivity contribution in [2.45, 2.75) is 32.1 Å². The average molecular weight is 277 g/mol. The predicted octanol–water partition coefficient (Wildman–Crippen LogP) is 3.83. The molecule has 1 aromatic carbocycles. The molecule has 1 aliphatic rings. The molecule has 0 bridgehead atoms. The normalized spacial score (nSPS) is 15.6. The molecule has 0 saturated heterocycles. The van der Waals surface area contributed by atoms with Crippen molar-refractivity contribution in [1.29, 1.82) is 0 Å². The molecule has 2 nitrogen and oxygen atoms in total. The maximum absolute atomic E-state index is 4.73. The van der Waals surface area contributed by atoms with E-state index in [2.05, 4.69) is 46.0 Å². The summed E-state index contributed by atoms with van der Waals surface area (Å²) in [7, 11) is 0. The molecule has 3 rings (SSSR count). The van der Waals surface area contributed by atoms with Gasteiger partial charge in [0.15, 0.2) is 0 Å². The molecule has 0 N–H and O–H groups in total. The first-order valence-corrected chi connectivity index (χ1v) is 6.54. The summed E-state index contributed by atoms with van der Waals surface area (Å²) >= 11 is 3.56. The average Bonchev–Trinajstić information content (AvgIpc) is 3.12. The zero-order valence-corrected chi connectivity index (χ0v) is 10.8. The van der Waals surface area contributed by atoms with Gasteiger partial charge in [0.2, 0.25) is 0 Å². The first kappa shape index (κ1) is 10.2. The largest absolute Gasteiger partial charge is 0.232 e. The molecule has 16 heavy (non-hydrogen) atoms. The number of hydrogen-bond donors (Lipinski definition) is 0. The van der Waals surface area contributed by atoms with Gasteiger partial charge in [0.05, 0.1) is 5.52 Å². The van der Waals surface area contributed by atoms with Gasteiger partial charge < -0.3 is 0 Å². The molecule has 0 unspecified atom stereocenters. The number of aryl methyl sites for hydroxylation is 1. The highest BCUT2D eigenvalue weighted by molar-refractivity contribution is 9.10. The molecule has 0 atom stereocenters. The Balaban J connectivity index is 2.29. The van der Waals surface area contributed by atoms with E-state index in [-0.39, 0.29) is 0 Å². The fraction of sp³-hybridized carbons (Fsp3) is 0.385. The van der Waals surface area contributed by atoms with E-state index in [0.717, 1.165) is 27.8 Å². The Kier molecular flexibility index (Phi) is 2.43. The Morgan fingerprint density at radius 1 is 1.31 bits per heavy atom. The van der Waals surface area contributed by atoms with Crippen LogP contribution in [0.3, 0.4) is 0 Å². The van der Waals surface area contributed by atoms with Crippen molar-refractivity contribution in [3.05, 3.63) is 34.2 Å². The number of halogens is 1. The molecular formula is C13H13BrN2. The van der Waals surface area contributed by atoms with Gasteiger partial charge in [-0.3, -0.25) is 0 Å². The quantitative estimate of drug-likeness (QED) is 0.779. The molecule has 1 aromatic heterocycles. The molecule has 0 radical (unpaired) electrons. The second-order valence-electron chi connectivity index (χ2n) is 4.31. The zero-order chi connectivity index (χ0) is 11.1. The lowest BCUT2D eigenvalue weighted by Crippen LogP contribution is -1.97. The van der Waals surface area contributed by atoms with Crippen molar-refractivity contribution in [2.24, 2.45) is 0 Å². The number of aromatic nitrogens is 2. The van der Waals surface area contributed by atoms with Crippen LogP contribution < -0.4 is 0 Å². The van der Waals surface area contributed by atoms with Gasteiger partial charge in [0.1, 0.15) is 10.4 Å². The van der Waals surface area contributed by atoms with Gasteiger partial charge in [-0.25, -0.2) is 9.97 Å². The number of fused-ring (bicyclic) bond motifs is 1. The van der Waals surface area contributed by atoms with Gasteiger partial charge in [-0.2, -0.15) is 0 Å². The van der Waals surface area contributed by atoms with Crippen LogP contribution in [-0.4, -0.2) is 9.97 Å². The summed E-state index contributed by atoms with van der Waals surface area (Å²) in [5.41, 5.74) is 2.43. The fourth-order valence-corrected chi connectivity index (χ4v) is 2.50. The molecule has 1 saturated carbocycles. The third kappa shape index (κ3) is 1.63. The van der Waals surface area contributed by atoms with Crippen molar-refractivity contribution in [3.63, 3.8) is 0 Å². The summed E-state index contributed by atoms with van der Waals surface area (Å²) in [4.78, 5) is 9.27. The molecular weight excluding hydrogens is 264 g/mol. The molecule has 0 aliphatic heterocycles. The van der Waals surface area contributed by atoms with Gasteiger partial charge >= 0.3 is 0 Å². The summed E-state index contributed by atoms with van der Waals surface area (Å²) < 4.78 is 0.940. The summed E-state index contributed by atoms with van der Waals surface area (Å²) in [6.07, 6.45) is 3.50. The van der Waals surface area contributed by atoms with Crippen LogP contribution in [0, 0.1) is 0 Å². The maximum Gasteiger partial charge on any atom is 0.133 e. The summed E-state index contributed by atoms with van der Waals surface area (Å²) in [6.45, 7) is 2.17. The number of hydrogen-bond acceptors (Lipinski definition) is 2. The SMILES string of the molecule is CCc1cccc2c(Br)nc(C3CC3)nc12. The number of nitrogens with zero attached hydrogens (tertiary/aromatic N) is 2. The number of benzene rings is 1. The Hall–Kier alpha value is -0.960. The van der Waals surface area contributed by atoms with Gasteiger partial charge in [0, 0.05) is 11.3 Å². The summed E-state index contributed by atoms with van der Waals surface area (Å²) in [5.74, 6) is 1.62. The third-order valence-corrected chi connectivity index (χ3v) is 3.71. The van der Waals surface area contributed by atoms with Crippen molar-refractivity contribution in [3.8, 4) is 0 Å². The van der Waals surface area contributed by atoms with Crippen LogP contribution in [0.25, 0.3) is 10.9 Å². The van der Waals surface area contributed by atoms with Crippen LogP contribution >= 0.6 is 15.9 Å². The van der Waals surface area contributed by atoms with E-state index in [0.29, 0.717) is 5.92 Å². The van der Waals surface area contributed by atoms with Crippen LogP contribution in [-0.2, 0) is 6.42 Å². The highest BCUT2D eigenvalue weighted by atomic mass is 79.9. The van der Waals surface area contributed by atoms with Gasteiger partial charge in [0.25, 0.3) is 0 Å². The van der Waals surface area contributed by atoms with Crippen LogP contribution in [0.4, 0.5) is 0 Å². The topological polar surface area (TPSA) is 25.8 Å². The minimum Gasteiger partial charge on any atom is -0.232 e. The monoisotopic (exact) mass is 276 g/mol. The Bertz CT molecular complexity index is 547. The standard InChI is InChI=1S/C13H13BrN2/c1-2-8-4-3-5-10-11(8)15-13(9-6-7-9)16-12(10)14/h3-5,9H,2,6-7H2,1H3. The van der Waals surface area contributed by atoms with E-state index < -0.39 is 0 Å². The van der Waals surface area contributed by atoms with Crippen LogP contribution in [0.2, 0.25) is 0 Å². The van der Waals surface area contributed by atoms with Crippen LogP contribution in [0.15, 0.2) is 22.8 Å². The Morgan fingerprint density at radius 3 is 2.81 bits per heavy atom. The molecule has 1 heterocycles. The van der Waals surface area contributed by atoms with Crippen LogP contribution in [0.5, 0.6) is 0 Å². The van der Waals surface area contributed by atoms with Crippen LogP contribution in [0.1, 0.15) is 37.1 Å². The fourth-order valence-electron chi connectivity index (χ4n) is 2.00. The molecule has 1 fully saturated rings. The molecule has 0 amide bonds. The van der Waals surface area contributed by atoms with E-state index in [1.165, 1.54) is 18.4 Å². The van der Waals surface area contributed by atoms with Gasteiger partial charge in [-0.05, 0) is 40.8 Å². The lowest BCUT2D eigenvalue weighted by Gasteiger charge is -2.07. The Labute approximate surface area is 103 Å². The second kappa shape index (κ2) is 3.81. The van der Waals surface area contributed by atoms with Gasteiger partial charge in [-0.1, -0.05) is 25.1 Å². The van der Waals surface area contributed by atoms with E-state index in [1.807, 2.05) is 0 Å². The molecule has 1 aliphatic carbocycles. The lowest BCUT2D eigenvalue weighted by molar-refractivity contribution is 0.933. The van der Waals surface area contributed by atoms with E-state index in [1.54, 1.807) is 0 Å². The molecule has 0 spiro atoms. The number of rotatable bonds is 2. The number of para-hydroxylation sites is 1. The summed E-state index contributed by atoms with van der Waals surface area (Å²) in [6, 6.07) is 6.31. The van der Waals surface area contributed by atoms with Gasteiger partial charge in [-0.15, -0.1) is 0 Å². The first-order chi connectivity index (χ1) is 7.79. The Morgan fingerprint density at radius 2 is 2.12 bits per heavy atom. The lowest BCUT2D eigenvalue weighted by atomic mass is 10.1. The van der Waals surface area contributed by atoms with Crippen molar-refractivity contribution in [1.82, 2.24) is 9.97 Å². The van der Waals surface area contributed by atoms with Crippen molar-refractivity contribution < 1.29 is 0 Å². The van der Waals surface area contributed by atoms with E-state index >= 15 is 0 Å².